The summed E-state index contributed by atoms with van der Waals surface area (Å²) in [5.74, 6) is -1.33. The number of fused-ring (bicyclic) bond motifs is 1. The molecule has 0 spiro atoms. The van der Waals surface area contributed by atoms with Crippen molar-refractivity contribution in [2.24, 2.45) is 0 Å². The molecule has 0 aliphatic carbocycles. The standard InChI is InChI=1S/C25H28FN3O4S/c1-4-27-25(31)18(2)29(16-19-9-12-22(26)13-10-19)24(30)17-28(3)34(32,33)23-14-11-20-7-5-6-8-21(20)15-23/h5-15,18H,4,16-17H2,1-3H3,(H,27,31). The predicted octanol–water partition coefficient (Wildman–Crippen LogP) is 3.15. The molecule has 0 saturated heterocycles. The van der Waals surface area contributed by atoms with Crippen LogP contribution < -0.4 is 5.32 Å². The van der Waals surface area contributed by atoms with Crippen LogP contribution in [0.15, 0.2) is 71.6 Å². The molecule has 0 radical (unpaired) electrons. The molecule has 1 unspecified atom stereocenters. The van der Waals surface area contributed by atoms with E-state index in [-0.39, 0.29) is 17.3 Å². The number of sulfonamides is 1. The van der Waals surface area contributed by atoms with Gasteiger partial charge in [0.2, 0.25) is 21.8 Å². The van der Waals surface area contributed by atoms with E-state index >= 15 is 0 Å². The molecule has 3 aromatic carbocycles. The molecule has 1 atom stereocenters. The molecule has 0 bridgehead atoms. The lowest BCUT2D eigenvalue weighted by Gasteiger charge is -2.30. The Balaban J connectivity index is 1.84. The normalized spacial score (nSPS) is 12.5. The highest BCUT2D eigenvalue weighted by atomic mass is 32.2. The number of nitrogens with zero attached hydrogens (tertiary/aromatic N) is 2. The number of carbonyl (C=O) groups excluding carboxylic acids is 2. The number of hydrogen-bond donors (Lipinski definition) is 1. The van der Waals surface area contributed by atoms with Crippen LogP contribution in [0.4, 0.5) is 4.39 Å². The molecule has 1 N–H and O–H groups in total. The molecule has 3 rings (SSSR count). The van der Waals surface area contributed by atoms with Crippen LogP contribution in [-0.2, 0) is 26.2 Å². The highest BCUT2D eigenvalue weighted by Gasteiger charge is 2.30. The number of likely N-dealkylation sites (N-methyl/N-ethyl adjacent to an activating group) is 2. The van der Waals surface area contributed by atoms with E-state index in [9.17, 15) is 22.4 Å². The van der Waals surface area contributed by atoms with Crippen LogP contribution in [0.5, 0.6) is 0 Å². The lowest BCUT2D eigenvalue weighted by molar-refractivity contribution is -0.140. The Morgan fingerprint density at radius 1 is 1.00 bits per heavy atom. The SMILES string of the molecule is CCNC(=O)C(C)N(Cc1ccc(F)cc1)C(=O)CN(C)S(=O)(=O)c1ccc2ccccc2c1. The number of nitrogens with one attached hydrogen (secondary N) is 1. The second-order valence-corrected chi connectivity index (χ2v) is 10.0. The molecular weight excluding hydrogens is 457 g/mol. The maximum absolute atomic E-state index is 13.3. The molecule has 3 aromatic rings. The van der Waals surface area contributed by atoms with Gasteiger partial charge in [-0.15, -0.1) is 0 Å². The maximum Gasteiger partial charge on any atom is 0.243 e. The van der Waals surface area contributed by atoms with Gasteiger partial charge in [-0.25, -0.2) is 12.8 Å². The van der Waals surface area contributed by atoms with Crippen molar-refractivity contribution in [2.45, 2.75) is 31.3 Å². The fraction of sp³-hybridized carbons (Fsp3) is 0.280. The minimum Gasteiger partial charge on any atom is -0.355 e. The van der Waals surface area contributed by atoms with Crippen molar-refractivity contribution in [3.63, 3.8) is 0 Å². The van der Waals surface area contributed by atoms with Crippen molar-refractivity contribution in [3.05, 3.63) is 78.1 Å². The third-order valence-electron chi connectivity index (χ3n) is 5.57. The van der Waals surface area contributed by atoms with Gasteiger partial charge < -0.3 is 10.2 Å². The lowest BCUT2D eigenvalue weighted by Crippen LogP contribution is -2.50. The number of carbonyl (C=O) groups is 2. The predicted molar refractivity (Wildman–Crippen MR) is 129 cm³/mol. The monoisotopic (exact) mass is 485 g/mol. The Hall–Kier alpha value is -3.30. The van der Waals surface area contributed by atoms with Crippen molar-refractivity contribution in [3.8, 4) is 0 Å². The summed E-state index contributed by atoms with van der Waals surface area (Å²) >= 11 is 0. The van der Waals surface area contributed by atoms with E-state index in [1.165, 1.54) is 42.3 Å². The minimum absolute atomic E-state index is 0.0290. The largest absolute Gasteiger partial charge is 0.355 e. The average molecular weight is 486 g/mol. The summed E-state index contributed by atoms with van der Waals surface area (Å²) in [5.41, 5.74) is 0.617. The number of amides is 2. The van der Waals surface area contributed by atoms with Gasteiger partial charge in [-0.1, -0.05) is 42.5 Å². The Kier molecular flexibility index (Phi) is 8.01. The zero-order valence-corrected chi connectivity index (χ0v) is 20.2. The van der Waals surface area contributed by atoms with Crippen molar-refractivity contribution >= 4 is 32.6 Å². The van der Waals surface area contributed by atoms with Gasteiger partial charge in [0.25, 0.3) is 0 Å². The Morgan fingerprint density at radius 3 is 2.29 bits per heavy atom. The molecule has 34 heavy (non-hydrogen) atoms. The molecule has 0 aliphatic rings. The van der Waals surface area contributed by atoms with Crippen molar-refractivity contribution in [1.82, 2.24) is 14.5 Å². The van der Waals surface area contributed by atoms with Gasteiger partial charge in [-0.2, -0.15) is 4.31 Å². The summed E-state index contributed by atoms with van der Waals surface area (Å²) in [6.45, 7) is 3.30. The average Bonchev–Trinajstić information content (AvgIpc) is 2.82. The molecule has 2 amide bonds. The Labute approximate surface area is 199 Å². The van der Waals surface area contributed by atoms with Crippen molar-refractivity contribution < 1.29 is 22.4 Å². The highest BCUT2D eigenvalue weighted by Crippen LogP contribution is 2.21. The molecule has 0 aliphatic heterocycles. The van der Waals surface area contributed by atoms with E-state index in [4.69, 9.17) is 0 Å². The Bertz CT molecular complexity index is 1280. The first-order chi connectivity index (χ1) is 16.1. The number of rotatable bonds is 9. The van der Waals surface area contributed by atoms with Gasteiger partial charge in [0.05, 0.1) is 11.4 Å². The first-order valence-electron chi connectivity index (χ1n) is 10.9. The van der Waals surface area contributed by atoms with Gasteiger partial charge in [0.1, 0.15) is 11.9 Å². The van der Waals surface area contributed by atoms with E-state index in [0.717, 1.165) is 15.1 Å². The van der Waals surface area contributed by atoms with Crippen molar-refractivity contribution in [2.75, 3.05) is 20.1 Å². The van der Waals surface area contributed by atoms with E-state index < -0.39 is 34.3 Å². The molecule has 0 heterocycles. The number of benzene rings is 3. The van der Waals surface area contributed by atoms with Crippen LogP contribution in [0.3, 0.4) is 0 Å². The summed E-state index contributed by atoms with van der Waals surface area (Å²) in [7, 11) is -2.63. The third-order valence-corrected chi connectivity index (χ3v) is 7.37. The lowest BCUT2D eigenvalue weighted by atomic mass is 10.1. The zero-order valence-electron chi connectivity index (χ0n) is 19.4. The summed E-state index contributed by atoms with van der Waals surface area (Å²) < 4.78 is 40.6. The fourth-order valence-corrected chi connectivity index (χ4v) is 4.72. The van der Waals surface area contributed by atoms with Gasteiger partial charge in [-0.05, 0) is 54.4 Å². The van der Waals surface area contributed by atoms with Crippen LogP contribution in [0.2, 0.25) is 0 Å². The molecular formula is C25H28FN3O4S. The summed E-state index contributed by atoms with van der Waals surface area (Å²) in [4.78, 5) is 27.1. The van der Waals surface area contributed by atoms with Crippen LogP contribution in [0, 0.1) is 5.82 Å². The molecule has 180 valence electrons. The first-order valence-corrected chi connectivity index (χ1v) is 12.3. The molecule has 0 aromatic heterocycles. The Morgan fingerprint density at radius 2 is 1.65 bits per heavy atom. The molecule has 7 nitrogen and oxygen atoms in total. The molecule has 9 heteroatoms. The topological polar surface area (TPSA) is 86.8 Å². The van der Waals surface area contributed by atoms with Gasteiger partial charge in [0.15, 0.2) is 0 Å². The van der Waals surface area contributed by atoms with Crippen LogP contribution >= 0.6 is 0 Å². The van der Waals surface area contributed by atoms with E-state index in [0.29, 0.717) is 12.1 Å². The first kappa shape index (κ1) is 25.3. The second-order valence-electron chi connectivity index (χ2n) is 7.99. The number of halogens is 1. The fourth-order valence-electron chi connectivity index (χ4n) is 3.57. The summed E-state index contributed by atoms with van der Waals surface area (Å²) in [6, 6.07) is 16.9. The van der Waals surface area contributed by atoms with Crippen LogP contribution in [0.25, 0.3) is 10.8 Å². The highest BCUT2D eigenvalue weighted by molar-refractivity contribution is 7.89. The van der Waals surface area contributed by atoms with Crippen LogP contribution in [0.1, 0.15) is 19.4 Å². The van der Waals surface area contributed by atoms with E-state index in [1.54, 1.807) is 26.0 Å². The van der Waals surface area contributed by atoms with E-state index in [2.05, 4.69) is 5.32 Å². The maximum atomic E-state index is 13.3. The molecule has 0 saturated carbocycles. The minimum atomic E-state index is -3.96. The van der Waals surface area contributed by atoms with Gasteiger partial charge in [0, 0.05) is 20.1 Å². The molecule has 0 fully saturated rings. The van der Waals surface area contributed by atoms with E-state index in [1.807, 2.05) is 24.3 Å². The van der Waals surface area contributed by atoms with Crippen LogP contribution in [-0.4, -0.2) is 55.6 Å². The summed E-state index contributed by atoms with van der Waals surface area (Å²) in [5, 5.41) is 4.35. The zero-order chi connectivity index (χ0) is 24.9. The third kappa shape index (κ3) is 5.78. The van der Waals surface area contributed by atoms with Crippen molar-refractivity contribution in [1.29, 1.82) is 0 Å². The quantitative estimate of drug-likeness (QED) is 0.505. The van der Waals surface area contributed by atoms with Gasteiger partial charge >= 0.3 is 0 Å². The number of hydrogen-bond acceptors (Lipinski definition) is 4. The second kappa shape index (κ2) is 10.8. The summed E-state index contributed by atoms with van der Waals surface area (Å²) in [6.07, 6.45) is 0. The smallest absolute Gasteiger partial charge is 0.243 e. The van der Waals surface area contributed by atoms with Gasteiger partial charge in [-0.3, -0.25) is 9.59 Å².